The summed E-state index contributed by atoms with van der Waals surface area (Å²) in [4.78, 5) is 37.7. The Kier molecular flexibility index (Phi) is 3.42. The van der Waals surface area contributed by atoms with Gasteiger partial charge in [0, 0.05) is 29.9 Å². The molecule has 0 amide bonds. The molecule has 0 radical (unpaired) electrons. The molecule has 0 fully saturated rings. The Morgan fingerprint density at radius 3 is 2.64 bits per heavy atom. The zero-order valence-corrected chi connectivity index (χ0v) is 14.1. The summed E-state index contributed by atoms with van der Waals surface area (Å²) < 4.78 is 10.9. The molecule has 1 atom stereocenters. The molecule has 128 valence electrons. The summed E-state index contributed by atoms with van der Waals surface area (Å²) >= 11 is 0. The Morgan fingerprint density at radius 2 is 1.84 bits per heavy atom. The summed E-state index contributed by atoms with van der Waals surface area (Å²) in [6.07, 6.45) is 2.24. The summed E-state index contributed by atoms with van der Waals surface area (Å²) in [6.45, 7) is 3.94. The standard InChI is InChI=1S/C20H18O5/c1-20(2)8-14(21)18-12(7-17(22)25-16(18)9-20)13-10-24-15-6-4-3-5-11(15)19(13)23/h3-6,10,12H,7-9H2,1-2H3. The van der Waals surface area contributed by atoms with Gasteiger partial charge in [-0.1, -0.05) is 26.0 Å². The van der Waals surface area contributed by atoms with Crippen molar-refractivity contribution in [3.05, 3.63) is 57.6 Å². The molecule has 2 heterocycles. The summed E-state index contributed by atoms with van der Waals surface area (Å²) in [5, 5.41) is 0.449. The molecule has 2 aliphatic rings. The molecule has 1 aromatic carbocycles. The zero-order valence-electron chi connectivity index (χ0n) is 14.1. The van der Waals surface area contributed by atoms with Crippen LogP contribution in [0.5, 0.6) is 0 Å². The molecule has 5 nitrogen and oxygen atoms in total. The first-order valence-electron chi connectivity index (χ1n) is 8.33. The number of allylic oxidation sites excluding steroid dienone is 2. The lowest BCUT2D eigenvalue weighted by Gasteiger charge is -2.36. The SMILES string of the molecule is CC1(C)CC(=O)C2=C(C1)OC(=O)CC2c1coc2ccccc2c1=O. The number of benzene rings is 1. The second-order valence-corrected chi connectivity index (χ2v) is 7.52. The highest BCUT2D eigenvalue weighted by molar-refractivity contribution is 6.00. The van der Waals surface area contributed by atoms with Crippen LogP contribution >= 0.6 is 0 Å². The van der Waals surface area contributed by atoms with Crippen LogP contribution in [0.1, 0.15) is 44.6 Å². The van der Waals surface area contributed by atoms with E-state index < -0.39 is 11.9 Å². The number of fused-ring (bicyclic) bond motifs is 1. The van der Waals surface area contributed by atoms with E-state index in [9.17, 15) is 14.4 Å². The van der Waals surface area contributed by atoms with E-state index >= 15 is 0 Å². The number of carbonyl (C=O) groups is 2. The number of hydrogen-bond acceptors (Lipinski definition) is 5. The lowest BCUT2D eigenvalue weighted by atomic mass is 9.71. The van der Waals surface area contributed by atoms with E-state index in [4.69, 9.17) is 9.15 Å². The highest BCUT2D eigenvalue weighted by atomic mass is 16.5. The van der Waals surface area contributed by atoms with Crippen LogP contribution in [0.2, 0.25) is 0 Å². The van der Waals surface area contributed by atoms with Crippen molar-refractivity contribution in [3.63, 3.8) is 0 Å². The second kappa shape index (κ2) is 5.41. The lowest BCUT2D eigenvalue weighted by Crippen LogP contribution is -2.35. The fraction of sp³-hybridized carbons (Fsp3) is 0.350. The van der Waals surface area contributed by atoms with Crippen molar-refractivity contribution in [2.24, 2.45) is 5.41 Å². The predicted octanol–water partition coefficient (Wildman–Crippen LogP) is 3.47. The van der Waals surface area contributed by atoms with Gasteiger partial charge in [-0.05, 0) is 17.5 Å². The third-order valence-corrected chi connectivity index (χ3v) is 4.92. The minimum Gasteiger partial charge on any atom is -0.464 e. The van der Waals surface area contributed by atoms with Gasteiger partial charge in [0.1, 0.15) is 11.3 Å². The van der Waals surface area contributed by atoms with Crippen LogP contribution in [0.3, 0.4) is 0 Å². The molecule has 0 saturated carbocycles. The molecule has 1 aliphatic carbocycles. The first kappa shape index (κ1) is 15.8. The molecular weight excluding hydrogens is 320 g/mol. The number of Topliss-reactive ketones (excluding diaryl/α,β-unsaturated/α-hetero) is 1. The van der Waals surface area contributed by atoms with Crippen LogP contribution in [0.4, 0.5) is 0 Å². The molecule has 1 unspecified atom stereocenters. The van der Waals surface area contributed by atoms with Gasteiger partial charge >= 0.3 is 5.97 Å². The molecule has 0 spiro atoms. The minimum absolute atomic E-state index is 0.0197. The van der Waals surface area contributed by atoms with Gasteiger partial charge in [0.25, 0.3) is 0 Å². The van der Waals surface area contributed by atoms with Crippen LogP contribution in [0.25, 0.3) is 11.0 Å². The molecule has 4 rings (SSSR count). The Morgan fingerprint density at radius 1 is 1.08 bits per heavy atom. The molecular formula is C20H18O5. The maximum Gasteiger partial charge on any atom is 0.311 e. The van der Waals surface area contributed by atoms with Crippen molar-refractivity contribution in [2.75, 3.05) is 0 Å². The molecule has 0 saturated heterocycles. The van der Waals surface area contributed by atoms with Crippen LogP contribution in [0, 0.1) is 5.41 Å². The van der Waals surface area contributed by atoms with Gasteiger partial charge in [0.15, 0.2) is 11.2 Å². The Balaban J connectivity index is 1.90. The average Bonchev–Trinajstić information content (AvgIpc) is 2.53. The number of hydrogen-bond donors (Lipinski definition) is 0. The Labute approximate surface area is 144 Å². The maximum atomic E-state index is 12.9. The summed E-state index contributed by atoms with van der Waals surface area (Å²) in [7, 11) is 0. The maximum absolute atomic E-state index is 12.9. The van der Waals surface area contributed by atoms with Crippen molar-refractivity contribution in [3.8, 4) is 0 Å². The van der Waals surface area contributed by atoms with Gasteiger partial charge in [-0.25, -0.2) is 0 Å². The van der Waals surface area contributed by atoms with Crippen molar-refractivity contribution < 1.29 is 18.7 Å². The van der Waals surface area contributed by atoms with Crippen LogP contribution in [0.15, 0.2) is 51.1 Å². The van der Waals surface area contributed by atoms with Crippen LogP contribution in [-0.2, 0) is 14.3 Å². The van der Waals surface area contributed by atoms with Crippen molar-refractivity contribution in [1.82, 2.24) is 0 Å². The summed E-state index contributed by atoms with van der Waals surface area (Å²) in [5.74, 6) is -0.658. The fourth-order valence-corrected chi connectivity index (χ4v) is 3.80. The molecule has 1 aromatic heterocycles. The van der Waals surface area contributed by atoms with Gasteiger partial charge in [0.2, 0.25) is 0 Å². The normalized spacial score (nSPS) is 22.7. The topological polar surface area (TPSA) is 73.6 Å². The third-order valence-electron chi connectivity index (χ3n) is 4.92. The molecule has 0 bridgehead atoms. The number of rotatable bonds is 1. The van der Waals surface area contributed by atoms with Crippen molar-refractivity contribution >= 4 is 22.7 Å². The average molecular weight is 338 g/mol. The number of para-hydroxylation sites is 1. The van der Waals surface area contributed by atoms with Gasteiger partial charge in [-0.2, -0.15) is 0 Å². The van der Waals surface area contributed by atoms with Gasteiger partial charge < -0.3 is 9.15 Å². The quantitative estimate of drug-likeness (QED) is 0.745. The zero-order chi connectivity index (χ0) is 17.8. The van der Waals surface area contributed by atoms with Crippen molar-refractivity contribution in [1.29, 1.82) is 0 Å². The molecule has 2 aromatic rings. The van der Waals surface area contributed by atoms with Gasteiger partial charge in [-0.15, -0.1) is 0 Å². The first-order chi connectivity index (χ1) is 11.9. The smallest absolute Gasteiger partial charge is 0.311 e. The molecule has 25 heavy (non-hydrogen) atoms. The highest BCUT2D eigenvalue weighted by Gasteiger charge is 2.43. The monoisotopic (exact) mass is 338 g/mol. The van der Waals surface area contributed by atoms with E-state index in [2.05, 4.69) is 0 Å². The van der Waals surface area contributed by atoms with Crippen LogP contribution < -0.4 is 5.43 Å². The largest absolute Gasteiger partial charge is 0.464 e. The minimum atomic E-state index is -0.597. The van der Waals surface area contributed by atoms with E-state index in [1.165, 1.54) is 6.26 Å². The predicted molar refractivity (Wildman–Crippen MR) is 91.0 cm³/mol. The number of esters is 1. The number of ketones is 1. The lowest BCUT2D eigenvalue weighted by molar-refractivity contribution is -0.142. The Bertz CT molecular complexity index is 993. The first-order valence-corrected chi connectivity index (χ1v) is 8.33. The fourth-order valence-electron chi connectivity index (χ4n) is 3.80. The Hall–Kier alpha value is -2.69. The van der Waals surface area contributed by atoms with E-state index in [0.717, 1.165) is 0 Å². The summed E-state index contributed by atoms with van der Waals surface area (Å²) in [5.41, 5.74) is 0.829. The number of carbonyl (C=O) groups excluding carboxylic acids is 2. The van der Waals surface area contributed by atoms with E-state index in [1.807, 2.05) is 13.8 Å². The van der Waals surface area contributed by atoms with Gasteiger partial charge in [0.05, 0.1) is 18.1 Å². The van der Waals surface area contributed by atoms with E-state index in [0.29, 0.717) is 40.7 Å². The van der Waals surface area contributed by atoms with Crippen molar-refractivity contribution in [2.45, 2.75) is 39.0 Å². The van der Waals surface area contributed by atoms with E-state index in [1.54, 1.807) is 24.3 Å². The van der Waals surface area contributed by atoms with E-state index in [-0.39, 0.29) is 23.0 Å². The van der Waals surface area contributed by atoms with Crippen LogP contribution in [-0.4, -0.2) is 11.8 Å². The third kappa shape index (κ3) is 2.60. The molecule has 1 aliphatic heterocycles. The summed E-state index contributed by atoms with van der Waals surface area (Å²) in [6, 6.07) is 6.95. The van der Waals surface area contributed by atoms with Gasteiger partial charge in [-0.3, -0.25) is 14.4 Å². The second-order valence-electron chi connectivity index (χ2n) is 7.52. The molecule has 5 heteroatoms. The highest BCUT2D eigenvalue weighted by Crippen LogP contribution is 2.45. The molecule has 0 N–H and O–H groups in total. The number of ether oxygens (including phenoxy) is 1.